The number of carbonyl (C=O) groups is 1. The van der Waals surface area contributed by atoms with Crippen molar-refractivity contribution in [3.63, 3.8) is 0 Å². The molecule has 0 saturated heterocycles. The maximum atomic E-state index is 10.7. The van der Waals surface area contributed by atoms with Gasteiger partial charge in [0.25, 0.3) is 0 Å². The molecule has 0 aromatic rings. The number of carboxylic acids is 1. The van der Waals surface area contributed by atoms with Crippen molar-refractivity contribution >= 4 is 5.97 Å². The van der Waals surface area contributed by atoms with Crippen LogP contribution in [0.25, 0.3) is 0 Å². The Kier molecular flexibility index (Phi) is 2.76. The average molecular weight is 184 g/mol. The summed E-state index contributed by atoms with van der Waals surface area (Å²) in [6.45, 7) is 3.43. The molecule has 1 aliphatic carbocycles. The van der Waals surface area contributed by atoms with Gasteiger partial charge < -0.3 is 10.2 Å². The van der Waals surface area contributed by atoms with E-state index in [0.717, 1.165) is 12.8 Å². The first-order valence-electron chi connectivity index (χ1n) is 4.57. The second-order valence-electron chi connectivity index (χ2n) is 4.06. The largest absolute Gasteiger partial charge is 0.479 e. The Bertz CT molecular complexity index is 230. The highest BCUT2D eigenvalue weighted by Gasteiger charge is 2.39. The molecular weight excluding hydrogens is 168 g/mol. The Balaban J connectivity index is 2.76. The molecular formula is C10H16O3. The van der Waals surface area contributed by atoms with E-state index in [-0.39, 0.29) is 5.92 Å². The van der Waals surface area contributed by atoms with Crippen LogP contribution in [0.2, 0.25) is 0 Å². The number of aliphatic hydroxyl groups is 1. The van der Waals surface area contributed by atoms with E-state index in [2.05, 4.69) is 6.92 Å². The third kappa shape index (κ3) is 2.10. The lowest BCUT2D eigenvalue weighted by atomic mass is 9.78. The minimum absolute atomic E-state index is 0.256. The van der Waals surface area contributed by atoms with Gasteiger partial charge in [0.2, 0.25) is 0 Å². The maximum Gasteiger partial charge on any atom is 0.336 e. The van der Waals surface area contributed by atoms with E-state index in [1.54, 1.807) is 0 Å². The molecule has 0 amide bonds. The number of carboxylic acid groups (broad SMARTS) is 1. The third-order valence-corrected chi connectivity index (χ3v) is 2.72. The minimum Gasteiger partial charge on any atom is -0.479 e. The Labute approximate surface area is 78.1 Å². The molecule has 0 bridgehead atoms. The van der Waals surface area contributed by atoms with Crippen LogP contribution in [0.3, 0.4) is 0 Å². The summed E-state index contributed by atoms with van der Waals surface area (Å²) in [5.74, 6) is -0.939. The van der Waals surface area contributed by atoms with Crippen LogP contribution in [0.15, 0.2) is 12.2 Å². The van der Waals surface area contributed by atoms with Gasteiger partial charge in [0.1, 0.15) is 0 Å². The number of rotatable bonds is 2. The molecule has 13 heavy (non-hydrogen) atoms. The van der Waals surface area contributed by atoms with Crippen LogP contribution in [0.1, 0.15) is 26.7 Å². The van der Waals surface area contributed by atoms with Crippen molar-refractivity contribution in [1.29, 1.82) is 0 Å². The summed E-state index contributed by atoms with van der Waals surface area (Å²) in [6, 6.07) is 0. The van der Waals surface area contributed by atoms with Crippen LogP contribution >= 0.6 is 0 Å². The topological polar surface area (TPSA) is 57.5 Å². The van der Waals surface area contributed by atoms with Crippen LogP contribution < -0.4 is 0 Å². The maximum absolute atomic E-state index is 10.7. The van der Waals surface area contributed by atoms with Gasteiger partial charge >= 0.3 is 5.97 Å². The molecule has 74 valence electrons. The zero-order valence-electron chi connectivity index (χ0n) is 8.03. The fourth-order valence-corrected chi connectivity index (χ4v) is 1.66. The molecule has 3 heteroatoms. The summed E-state index contributed by atoms with van der Waals surface area (Å²) >= 11 is 0. The van der Waals surface area contributed by atoms with Crippen molar-refractivity contribution in [2.45, 2.75) is 32.3 Å². The van der Waals surface area contributed by atoms with E-state index < -0.39 is 11.6 Å². The SMILES string of the molecule is CC1CC=CC(C(C)(O)C(=O)O)C1. The van der Waals surface area contributed by atoms with E-state index in [1.807, 2.05) is 12.2 Å². The predicted octanol–water partition coefficient (Wildman–Crippen LogP) is 1.42. The van der Waals surface area contributed by atoms with Gasteiger partial charge in [0.15, 0.2) is 5.60 Å². The van der Waals surface area contributed by atoms with Gasteiger partial charge in [-0.1, -0.05) is 19.1 Å². The van der Waals surface area contributed by atoms with Gasteiger partial charge in [0, 0.05) is 5.92 Å². The number of hydrogen-bond donors (Lipinski definition) is 2. The lowest BCUT2D eigenvalue weighted by molar-refractivity contribution is -0.161. The summed E-state index contributed by atoms with van der Waals surface area (Å²) in [7, 11) is 0. The number of hydrogen-bond acceptors (Lipinski definition) is 2. The van der Waals surface area contributed by atoms with Crippen molar-refractivity contribution in [2.75, 3.05) is 0 Å². The van der Waals surface area contributed by atoms with E-state index in [4.69, 9.17) is 5.11 Å². The fourth-order valence-electron chi connectivity index (χ4n) is 1.66. The molecule has 3 atom stereocenters. The van der Waals surface area contributed by atoms with Crippen molar-refractivity contribution in [3.05, 3.63) is 12.2 Å². The minimum atomic E-state index is -1.62. The van der Waals surface area contributed by atoms with Crippen molar-refractivity contribution in [2.24, 2.45) is 11.8 Å². The quantitative estimate of drug-likeness (QED) is 0.638. The van der Waals surface area contributed by atoms with Crippen molar-refractivity contribution < 1.29 is 15.0 Å². The third-order valence-electron chi connectivity index (χ3n) is 2.72. The molecule has 0 heterocycles. The summed E-state index contributed by atoms with van der Waals surface area (Å²) in [5, 5.41) is 18.5. The first-order valence-corrected chi connectivity index (χ1v) is 4.57. The molecule has 0 aromatic carbocycles. The Morgan fingerprint density at radius 2 is 2.23 bits per heavy atom. The van der Waals surface area contributed by atoms with Gasteiger partial charge in [-0.2, -0.15) is 0 Å². The first-order chi connectivity index (χ1) is 5.94. The van der Waals surface area contributed by atoms with Crippen LogP contribution in [-0.4, -0.2) is 21.8 Å². The average Bonchev–Trinajstić information content (AvgIpc) is 2.04. The second-order valence-corrected chi connectivity index (χ2v) is 4.06. The van der Waals surface area contributed by atoms with Gasteiger partial charge in [-0.05, 0) is 25.7 Å². The summed E-state index contributed by atoms with van der Waals surface area (Å²) in [5.41, 5.74) is -1.62. The molecule has 0 saturated carbocycles. The lowest BCUT2D eigenvalue weighted by Crippen LogP contribution is -2.43. The molecule has 3 nitrogen and oxygen atoms in total. The summed E-state index contributed by atoms with van der Waals surface area (Å²) in [6.07, 6.45) is 5.49. The number of aliphatic carboxylic acids is 1. The van der Waals surface area contributed by atoms with E-state index in [9.17, 15) is 9.90 Å². The molecule has 0 spiro atoms. The van der Waals surface area contributed by atoms with Gasteiger partial charge in [-0.3, -0.25) is 0 Å². The molecule has 0 radical (unpaired) electrons. The Morgan fingerprint density at radius 3 is 2.69 bits per heavy atom. The zero-order chi connectivity index (χ0) is 10.1. The predicted molar refractivity (Wildman–Crippen MR) is 49.3 cm³/mol. The lowest BCUT2D eigenvalue weighted by Gasteiger charge is -2.31. The van der Waals surface area contributed by atoms with Crippen molar-refractivity contribution in [1.82, 2.24) is 0 Å². The first kappa shape index (κ1) is 10.3. The summed E-state index contributed by atoms with van der Waals surface area (Å²) < 4.78 is 0. The van der Waals surface area contributed by atoms with Gasteiger partial charge in [-0.15, -0.1) is 0 Å². The van der Waals surface area contributed by atoms with Crippen LogP contribution in [0.4, 0.5) is 0 Å². The zero-order valence-corrected chi connectivity index (χ0v) is 8.03. The second kappa shape index (κ2) is 3.50. The van der Waals surface area contributed by atoms with Crippen LogP contribution in [0.5, 0.6) is 0 Å². The standard InChI is InChI=1S/C10H16O3/c1-7-4-3-5-8(6-7)10(2,13)9(11)12/h3,5,7-8,13H,4,6H2,1-2H3,(H,11,12). The Morgan fingerprint density at radius 1 is 1.62 bits per heavy atom. The van der Waals surface area contributed by atoms with Crippen LogP contribution in [0, 0.1) is 11.8 Å². The molecule has 1 rings (SSSR count). The highest BCUT2D eigenvalue weighted by atomic mass is 16.4. The molecule has 2 N–H and O–H groups in total. The van der Waals surface area contributed by atoms with Gasteiger partial charge in [0.05, 0.1) is 0 Å². The molecule has 1 aliphatic rings. The normalized spacial score (nSPS) is 32.5. The highest BCUT2D eigenvalue weighted by Crippen LogP contribution is 2.31. The Hall–Kier alpha value is -0.830. The molecule has 0 aliphatic heterocycles. The summed E-state index contributed by atoms with van der Waals surface area (Å²) in [4.78, 5) is 10.7. The van der Waals surface area contributed by atoms with E-state index in [0.29, 0.717) is 5.92 Å². The number of allylic oxidation sites excluding steroid dienone is 1. The highest BCUT2D eigenvalue weighted by molar-refractivity contribution is 5.77. The molecule has 0 aromatic heterocycles. The van der Waals surface area contributed by atoms with Crippen LogP contribution in [-0.2, 0) is 4.79 Å². The van der Waals surface area contributed by atoms with Crippen molar-refractivity contribution in [3.8, 4) is 0 Å². The molecule has 0 fully saturated rings. The van der Waals surface area contributed by atoms with Gasteiger partial charge in [-0.25, -0.2) is 4.79 Å². The smallest absolute Gasteiger partial charge is 0.336 e. The van der Waals surface area contributed by atoms with E-state index >= 15 is 0 Å². The van der Waals surface area contributed by atoms with E-state index in [1.165, 1.54) is 6.92 Å². The monoisotopic (exact) mass is 184 g/mol. The molecule has 3 unspecified atom stereocenters. The fraction of sp³-hybridized carbons (Fsp3) is 0.700.